The van der Waals surface area contributed by atoms with Gasteiger partial charge in [0.2, 0.25) is 5.91 Å². The lowest BCUT2D eigenvalue weighted by atomic mass is 9.91. The highest BCUT2D eigenvalue weighted by atomic mass is 19.4. The lowest BCUT2D eigenvalue weighted by Gasteiger charge is -2.29. The van der Waals surface area contributed by atoms with Crippen LogP contribution in [-0.4, -0.2) is 52.7 Å². The fourth-order valence-corrected chi connectivity index (χ4v) is 4.47. The van der Waals surface area contributed by atoms with Crippen LogP contribution in [0.25, 0.3) is 10.9 Å². The maximum absolute atomic E-state index is 13.4. The molecule has 1 aromatic carbocycles. The van der Waals surface area contributed by atoms with E-state index in [1.807, 2.05) is 12.1 Å². The van der Waals surface area contributed by atoms with Crippen LogP contribution < -0.4 is 10.6 Å². The van der Waals surface area contributed by atoms with E-state index >= 15 is 0 Å². The summed E-state index contributed by atoms with van der Waals surface area (Å²) in [5.74, 6) is 5.89. The van der Waals surface area contributed by atoms with Gasteiger partial charge in [-0.25, -0.2) is 0 Å². The molecule has 3 heterocycles. The van der Waals surface area contributed by atoms with Crippen molar-refractivity contribution in [3.63, 3.8) is 0 Å². The zero-order valence-electron chi connectivity index (χ0n) is 22.2. The van der Waals surface area contributed by atoms with Crippen LogP contribution in [0.15, 0.2) is 42.6 Å². The molecule has 1 amide bonds. The Bertz CT molecular complexity index is 1440. The number of hydrogen-bond acceptors (Lipinski definition) is 5. The molecule has 2 aromatic heterocycles. The van der Waals surface area contributed by atoms with Gasteiger partial charge in [0, 0.05) is 43.5 Å². The Morgan fingerprint density at radius 1 is 1.18 bits per heavy atom. The van der Waals surface area contributed by atoms with Gasteiger partial charge in [0.05, 0.1) is 41.3 Å². The third-order valence-corrected chi connectivity index (χ3v) is 6.84. The van der Waals surface area contributed by atoms with E-state index in [9.17, 15) is 23.2 Å². The minimum atomic E-state index is -4.40. The number of alkyl halides is 3. The fourth-order valence-electron chi connectivity index (χ4n) is 4.47. The second kappa shape index (κ2) is 11.4. The summed E-state index contributed by atoms with van der Waals surface area (Å²) in [6, 6.07) is 12.9. The molecule has 1 aliphatic heterocycles. The Kier molecular flexibility index (Phi) is 8.17. The summed E-state index contributed by atoms with van der Waals surface area (Å²) in [6.45, 7) is 3.86. The monoisotopic (exact) mass is 536 g/mol. The van der Waals surface area contributed by atoms with Gasteiger partial charge in [0.15, 0.2) is 0 Å². The van der Waals surface area contributed by atoms with E-state index in [4.69, 9.17) is 0 Å². The predicted molar refractivity (Wildman–Crippen MR) is 144 cm³/mol. The number of carbonyl (C=O) groups excluding carboxylic acids is 1. The molecular formula is C29H31F3N6O. The number of piperidine rings is 1. The predicted octanol–water partition coefficient (Wildman–Crippen LogP) is 4.57. The van der Waals surface area contributed by atoms with Crippen LogP contribution in [0.1, 0.15) is 43.6 Å². The molecule has 0 aliphatic carbocycles. The number of halogens is 3. The molecule has 1 atom stereocenters. The van der Waals surface area contributed by atoms with Crippen molar-refractivity contribution in [2.75, 3.05) is 25.5 Å². The maximum atomic E-state index is 13.4. The quantitative estimate of drug-likeness (QED) is 0.432. The van der Waals surface area contributed by atoms with Gasteiger partial charge in [-0.2, -0.15) is 18.4 Å². The minimum Gasteiger partial charge on any atom is -0.373 e. The van der Waals surface area contributed by atoms with Crippen LogP contribution in [0.5, 0.6) is 0 Å². The van der Waals surface area contributed by atoms with Crippen LogP contribution in [0.2, 0.25) is 0 Å². The first-order valence-corrected chi connectivity index (χ1v) is 12.7. The first kappa shape index (κ1) is 28.0. The molecule has 4 rings (SSSR count). The second-order valence-electron chi connectivity index (χ2n) is 10.3. The van der Waals surface area contributed by atoms with E-state index in [0.717, 1.165) is 12.0 Å². The van der Waals surface area contributed by atoms with E-state index in [2.05, 4.69) is 33.5 Å². The zero-order valence-corrected chi connectivity index (χ0v) is 22.2. The topological polar surface area (TPSA) is 86.0 Å². The molecule has 39 heavy (non-hydrogen) atoms. The standard InChI is InChI=1S/C29H31F3N6O/c1-28(2,18-33)26-9-7-23(17-36-26)34-11-4-5-24-14-21-13-20(6-8-25(21)38(24)19-29(30,31)32)16-35-22-10-12-37(3)27(39)15-22/h6-9,13-14,17,22,34-35H,10-12,15-16,19H2,1-3H3. The number of aromatic nitrogens is 2. The van der Waals surface area contributed by atoms with E-state index in [1.54, 1.807) is 56.3 Å². The number of carbonyl (C=O) groups is 1. The number of nitrogens with zero attached hydrogens (tertiary/aromatic N) is 4. The highest BCUT2D eigenvalue weighted by molar-refractivity contribution is 5.83. The lowest BCUT2D eigenvalue weighted by Crippen LogP contribution is -2.43. The number of rotatable bonds is 7. The average molecular weight is 537 g/mol. The average Bonchev–Trinajstić information content (AvgIpc) is 3.22. The summed E-state index contributed by atoms with van der Waals surface area (Å²) in [5, 5.41) is 16.4. The molecule has 1 unspecified atom stereocenters. The zero-order chi connectivity index (χ0) is 28.2. The highest BCUT2D eigenvalue weighted by Crippen LogP contribution is 2.27. The number of amides is 1. The highest BCUT2D eigenvalue weighted by Gasteiger charge is 2.30. The van der Waals surface area contributed by atoms with Gasteiger partial charge in [0.1, 0.15) is 6.54 Å². The van der Waals surface area contributed by atoms with E-state index in [-0.39, 0.29) is 24.2 Å². The molecule has 0 radical (unpaired) electrons. The van der Waals surface area contributed by atoms with E-state index in [1.165, 1.54) is 4.57 Å². The Morgan fingerprint density at radius 2 is 1.97 bits per heavy atom. The third-order valence-electron chi connectivity index (χ3n) is 6.84. The van der Waals surface area contributed by atoms with E-state index < -0.39 is 18.1 Å². The largest absolute Gasteiger partial charge is 0.406 e. The van der Waals surface area contributed by atoms with Crippen molar-refractivity contribution in [3.8, 4) is 17.9 Å². The van der Waals surface area contributed by atoms with Crippen molar-refractivity contribution in [1.82, 2.24) is 19.8 Å². The van der Waals surface area contributed by atoms with Gasteiger partial charge in [-0.3, -0.25) is 9.78 Å². The molecule has 7 nitrogen and oxygen atoms in total. The SMILES string of the molecule is CN1CCC(NCc2ccc3c(c2)cc(C#CCNc2ccc(C(C)(C)C#N)nc2)n3CC(F)(F)F)CC1=O. The van der Waals surface area contributed by atoms with Crippen LogP contribution >= 0.6 is 0 Å². The van der Waals surface area contributed by atoms with Crippen molar-refractivity contribution in [3.05, 3.63) is 59.5 Å². The summed E-state index contributed by atoms with van der Waals surface area (Å²) in [7, 11) is 1.79. The normalized spacial score (nSPS) is 16.1. The fraction of sp³-hybridized carbons (Fsp3) is 0.414. The van der Waals surface area contributed by atoms with Crippen molar-refractivity contribution in [2.24, 2.45) is 0 Å². The Hall–Kier alpha value is -4.02. The van der Waals surface area contributed by atoms with Gasteiger partial charge < -0.3 is 20.1 Å². The molecule has 0 spiro atoms. The molecule has 10 heteroatoms. The van der Waals surface area contributed by atoms with Crippen molar-refractivity contribution >= 4 is 22.5 Å². The van der Waals surface area contributed by atoms with Gasteiger partial charge in [-0.1, -0.05) is 12.0 Å². The number of nitrogens with one attached hydrogen (secondary N) is 2. The summed E-state index contributed by atoms with van der Waals surface area (Å²) in [5.41, 5.74) is 2.30. The summed E-state index contributed by atoms with van der Waals surface area (Å²) in [4.78, 5) is 18.0. The van der Waals surface area contributed by atoms with Gasteiger partial charge in [0.25, 0.3) is 0 Å². The minimum absolute atomic E-state index is 0.0809. The van der Waals surface area contributed by atoms with Crippen LogP contribution in [0.3, 0.4) is 0 Å². The van der Waals surface area contributed by atoms with E-state index in [0.29, 0.717) is 41.8 Å². The Balaban J connectivity index is 1.47. The Labute approximate surface area is 226 Å². The lowest BCUT2D eigenvalue weighted by molar-refractivity contribution is -0.140. The van der Waals surface area contributed by atoms with Crippen molar-refractivity contribution in [2.45, 2.75) is 57.4 Å². The summed E-state index contributed by atoms with van der Waals surface area (Å²) in [6.07, 6.45) is -1.50. The molecule has 2 N–H and O–H groups in total. The smallest absolute Gasteiger partial charge is 0.373 e. The number of fused-ring (bicyclic) bond motifs is 1. The Morgan fingerprint density at radius 3 is 2.64 bits per heavy atom. The summed E-state index contributed by atoms with van der Waals surface area (Å²) >= 11 is 0. The van der Waals surface area contributed by atoms with Gasteiger partial charge in [-0.05, 0) is 62.1 Å². The molecule has 1 saturated heterocycles. The molecule has 0 bridgehead atoms. The molecular weight excluding hydrogens is 505 g/mol. The molecule has 3 aromatic rings. The van der Waals surface area contributed by atoms with Gasteiger partial charge >= 0.3 is 6.18 Å². The number of benzene rings is 1. The molecule has 204 valence electrons. The number of anilines is 1. The first-order chi connectivity index (χ1) is 18.4. The number of nitriles is 1. The molecule has 1 fully saturated rings. The number of pyridine rings is 1. The molecule has 0 saturated carbocycles. The number of hydrogen-bond donors (Lipinski definition) is 2. The van der Waals surface area contributed by atoms with Crippen molar-refractivity contribution < 1.29 is 18.0 Å². The third kappa shape index (κ3) is 7.10. The van der Waals surface area contributed by atoms with Crippen molar-refractivity contribution in [1.29, 1.82) is 5.26 Å². The molecule has 1 aliphatic rings. The van der Waals surface area contributed by atoms with Crippen LogP contribution in [0, 0.1) is 23.2 Å². The first-order valence-electron chi connectivity index (χ1n) is 12.7. The van der Waals surface area contributed by atoms with Crippen LogP contribution in [-0.2, 0) is 23.3 Å². The summed E-state index contributed by atoms with van der Waals surface area (Å²) < 4.78 is 41.4. The maximum Gasteiger partial charge on any atom is 0.406 e. The second-order valence-corrected chi connectivity index (χ2v) is 10.3. The van der Waals surface area contributed by atoms with Gasteiger partial charge in [-0.15, -0.1) is 0 Å². The van der Waals surface area contributed by atoms with Crippen LogP contribution in [0.4, 0.5) is 18.9 Å². The number of likely N-dealkylation sites (tertiary alicyclic amines) is 1.